The number of benzene rings is 1. The molecule has 2 N–H and O–H groups in total. The van der Waals surface area contributed by atoms with Crippen molar-refractivity contribution in [2.45, 2.75) is 12.8 Å². The summed E-state index contributed by atoms with van der Waals surface area (Å²) in [5.74, 6) is 1.16. The van der Waals surface area contributed by atoms with E-state index in [2.05, 4.69) is 0 Å². The van der Waals surface area contributed by atoms with Gasteiger partial charge < -0.3 is 14.9 Å². The Balaban J connectivity index is 2.23. The van der Waals surface area contributed by atoms with E-state index < -0.39 is 0 Å². The van der Waals surface area contributed by atoms with Gasteiger partial charge in [-0.05, 0) is 25.0 Å². The second-order valence-electron chi connectivity index (χ2n) is 3.11. The number of fused-ring (bicyclic) bond motifs is 1. The Morgan fingerprint density at radius 2 is 2.00 bits per heavy atom. The third kappa shape index (κ3) is 1.35. The van der Waals surface area contributed by atoms with Crippen LogP contribution < -0.4 is 4.74 Å². The zero-order valence-electron chi connectivity index (χ0n) is 7.29. The van der Waals surface area contributed by atoms with E-state index in [1.807, 2.05) is 0 Å². The number of hydrogen-bond donors (Lipinski definition) is 2. The van der Waals surface area contributed by atoms with Crippen LogP contribution in [0.25, 0.3) is 0 Å². The molecule has 2 rings (SSSR count). The van der Waals surface area contributed by atoms with E-state index in [4.69, 9.17) is 9.84 Å². The van der Waals surface area contributed by atoms with E-state index in [0.717, 1.165) is 29.7 Å². The maximum atomic E-state index is 9.40. The lowest BCUT2D eigenvalue weighted by molar-refractivity contribution is 0.199. The fraction of sp³-hybridized carbons (Fsp3) is 0.400. The molecule has 1 aromatic carbocycles. The lowest BCUT2D eigenvalue weighted by atomic mass is 9.87. The predicted molar refractivity (Wildman–Crippen MR) is 48.1 cm³/mol. The summed E-state index contributed by atoms with van der Waals surface area (Å²) in [4.78, 5) is 0. The van der Waals surface area contributed by atoms with Crippen LogP contribution in [0.15, 0.2) is 12.1 Å². The summed E-state index contributed by atoms with van der Waals surface area (Å²) in [5, 5.41) is 18.0. The van der Waals surface area contributed by atoms with Gasteiger partial charge in [0.1, 0.15) is 18.1 Å². The lowest BCUT2D eigenvalue weighted by Gasteiger charge is -2.23. The Morgan fingerprint density at radius 1 is 1.23 bits per heavy atom. The van der Waals surface area contributed by atoms with Gasteiger partial charge in [-0.15, -0.1) is 0 Å². The number of phenols is 1. The summed E-state index contributed by atoms with van der Waals surface area (Å²) in [5.41, 5.74) is 2.09. The van der Waals surface area contributed by atoms with Crippen molar-refractivity contribution in [3.8, 4) is 11.5 Å². The van der Waals surface area contributed by atoms with Gasteiger partial charge in [0.05, 0.1) is 6.61 Å². The van der Waals surface area contributed by atoms with Crippen LogP contribution in [0.2, 0.25) is 0 Å². The van der Waals surface area contributed by atoms with Crippen molar-refractivity contribution in [3.05, 3.63) is 23.3 Å². The van der Waals surface area contributed by atoms with E-state index in [1.54, 1.807) is 12.1 Å². The molecular formula is C10H12O3. The maximum Gasteiger partial charge on any atom is 0.123 e. The lowest BCUT2D eigenvalue weighted by Crippen LogP contribution is -2.12. The van der Waals surface area contributed by atoms with E-state index in [1.165, 1.54) is 0 Å². The van der Waals surface area contributed by atoms with E-state index in [0.29, 0.717) is 12.4 Å². The number of aromatic hydroxyl groups is 1. The summed E-state index contributed by atoms with van der Waals surface area (Å²) in [6.07, 6.45) is 1.89. The first-order chi connectivity index (χ1) is 6.33. The van der Waals surface area contributed by atoms with Crippen LogP contribution in [-0.2, 0) is 12.8 Å². The molecule has 0 aliphatic heterocycles. The van der Waals surface area contributed by atoms with Crippen molar-refractivity contribution >= 4 is 0 Å². The molecule has 0 amide bonds. The molecule has 0 heterocycles. The summed E-state index contributed by atoms with van der Waals surface area (Å²) >= 11 is 0. The van der Waals surface area contributed by atoms with Crippen LogP contribution in [0.1, 0.15) is 11.1 Å². The second kappa shape index (κ2) is 3.26. The van der Waals surface area contributed by atoms with Crippen molar-refractivity contribution in [1.29, 1.82) is 0 Å². The monoisotopic (exact) mass is 180 g/mol. The predicted octanol–water partition coefficient (Wildman–Crippen LogP) is 0.862. The highest BCUT2D eigenvalue weighted by atomic mass is 16.5. The molecule has 0 saturated carbocycles. The van der Waals surface area contributed by atoms with E-state index in [9.17, 15) is 5.11 Å². The highest BCUT2D eigenvalue weighted by Crippen LogP contribution is 2.37. The zero-order valence-corrected chi connectivity index (χ0v) is 7.29. The normalized spacial score (nSPS) is 13.3. The number of aliphatic hydroxyl groups excluding tert-OH is 1. The molecule has 0 saturated heterocycles. The van der Waals surface area contributed by atoms with Crippen LogP contribution in [-0.4, -0.2) is 23.4 Å². The minimum Gasteiger partial charge on any atom is -0.508 e. The van der Waals surface area contributed by atoms with Gasteiger partial charge in [0, 0.05) is 11.1 Å². The summed E-state index contributed by atoms with van der Waals surface area (Å²) in [7, 11) is 0. The molecular weight excluding hydrogens is 168 g/mol. The van der Waals surface area contributed by atoms with Crippen molar-refractivity contribution in [1.82, 2.24) is 0 Å². The first-order valence-electron chi connectivity index (χ1n) is 4.40. The van der Waals surface area contributed by atoms with Gasteiger partial charge in [-0.25, -0.2) is 0 Å². The molecule has 70 valence electrons. The Kier molecular flexibility index (Phi) is 2.10. The number of hydrogen-bond acceptors (Lipinski definition) is 3. The molecule has 0 radical (unpaired) electrons. The molecule has 3 heteroatoms. The Hall–Kier alpha value is -1.22. The standard InChI is InChI=1S/C10H12O3/c11-5-6-13-10-4-3-9(12)7-1-2-8(7)10/h3-4,11-12H,1-2,5-6H2. The minimum atomic E-state index is 0.0235. The largest absolute Gasteiger partial charge is 0.508 e. The summed E-state index contributed by atoms with van der Waals surface area (Å²) < 4.78 is 5.31. The van der Waals surface area contributed by atoms with Crippen molar-refractivity contribution in [3.63, 3.8) is 0 Å². The molecule has 13 heavy (non-hydrogen) atoms. The molecule has 0 spiro atoms. The summed E-state index contributed by atoms with van der Waals surface area (Å²) in [6.45, 7) is 0.340. The highest BCUT2D eigenvalue weighted by Gasteiger charge is 2.21. The van der Waals surface area contributed by atoms with Gasteiger partial charge in [0.2, 0.25) is 0 Å². The minimum absolute atomic E-state index is 0.0235. The van der Waals surface area contributed by atoms with Crippen molar-refractivity contribution in [2.24, 2.45) is 0 Å². The molecule has 0 unspecified atom stereocenters. The van der Waals surface area contributed by atoms with Gasteiger partial charge in [0.15, 0.2) is 0 Å². The molecule has 1 aromatic rings. The molecule has 1 aliphatic carbocycles. The van der Waals surface area contributed by atoms with E-state index in [-0.39, 0.29) is 6.61 Å². The molecule has 0 fully saturated rings. The smallest absolute Gasteiger partial charge is 0.123 e. The summed E-state index contributed by atoms with van der Waals surface area (Å²) in [6, 6.07) is 3.40. The molecule has 1 aliphatic rings. The van der Waals surface area contributed by atoms with Crippen LogP contribution in [0.5, 0.6) is 11.5 Å². The average Bonchev–Trinajstić information content (AvgIpc) is 2.05. The molecule has 0 aromatic heterocycles. The quantitative estimate of drug-likeness (QED) is 0.725. The van der Waals surface area contributed by atoms with Gasteiger partial charge in [-0.1, -0.05) is 0 Å². The fourth-order valence-electron chi connectivity index (χ4n) is 1.58. The van der Waals surface area contributed by atoms with Crippen molar-refractivity contribution in [2.75, 3.05) is 13.2 Å². The Morgan fingerprint density at radius 3 is 2.62 bits per heavy atom. The van der Waals surface area contributed by atoms with Crippen LogP contribution >= 0.6 is 0 Å². The highest BCUT2D eigenvalue weighted by molar-refractivity contribution is 5.53. The average molecular weight is 180 g/mol. The van der Waals surface area contributed by atoms with Gasteiger partial charge >= 0.3 is 0 Å². The number of rotatable bonds is 3. The number of ether oxygens (including phenoxy) is 1. The Bertz CT molecular complexity index is 320. The zero-order chi connectivity index (χ0) is 9.26. The van der Waals surface area contributed by atoms with Crippen LogP contribution in [0.3, 0.4) is 0 Å². The molecule has 0 atom stereocenters. The third-order valence-corrected chi connectivity index (χ3v) is 2.34. The van der Waals surface area contributed by atoms with Crippen LogP contribution in [0.4, 0.5) is 0 Å². The van der Waals surface area contributed by atoms with E-state index >= 15 is 0 Å². The fourth-order valence-corrected chi connectivity index (χ4v) is 1.58. The maximum absolute atomic E-state index is 9.40. The Labute approximate surface area is 76.6 Å². The SMILES string of the molecule is OCCOc1ccc(O)c2c1CC2. The second-order valence-corrected chi connectivity index (χ2v) is 3.11. The van der Waals surface area contributed by atoms with Crippen molar-refractivity contribution < 1.29 is 14.9 Å². The van der Waals surface area contributed by atoms with Gasteiger partial charge in [-0.2, -0.15) is 0 Å². The van der Waals surface area contributed by atoms with Gasteiger partial charge in [-0.3, -0.25) is 0 Å². The first-order valence-corrected chi connectivity index (χ1v) is 4.40. The topological polar surface area (TPSA) is 49.7 Å². The van der Waals surface area contributed by atoms with Gasteiger partial charge in [0.25, 0.3) is 0 Å². The first kappa shape index (κ1) is 8.38. The molecule has 0 bridgehead atoms. The van der Waals surface area contributed by atoms with Crippen LogP contribution in [0, 0.1) is 0 Å². The number of phenolic OH excluding ortho intramolecular Hbond substituents is 1. The third-order valence-electron chi connectivity index (χ3n) is 2.34. The number of aliphatic hydroxyl groups is 1. The molecule has 3 nitrogen and oxygen atoms in total.